The maximum atomic E-state index is 13.4. The highest BCUT2D eigenvalue weighted by atomic mass is 16.5. The lowest BCUT2D eigenvalue weighted by atomic mass is 9.82. The average molecular weight is 486 g/mol. The number of methoxy groups -OCH3 is 2. The van der Waals surface area contributed by atoms with Crippen molar-refractivity contribution in [3.63, 3.8) is 0 Å². The Morgan fingerprint density at radius 1 is 1.00 bits per heavy atom. The normalized spacial score (nSPS) is 17.7. The fraction of sp³-hybridized carbons (Fsp3) is 0.345. The van der Waals surface area contributed by atoms with Crippen LogP contribution in [0.25, 0.3) is 21.8 Å². The van der Waals surface area contributed by atoms with Crippen molar-refractivity contribution in [3.8, 4) is 5.75 Å². The molecule has 7 heteroatoms. The summed E-state index contributed by atoms with van der Waals surface area (Å²) in [4.78, 5) is 30.0. The number of nitrogens with one attached hydrogen (secondary N) is 1. The van der Waals surface area contributed by atoms with Gasteiger partial charge in [0, 0.05) is 23.5 Å². The van der Waals surface area contributed by atoms with Gasteiger partial charge in [0.15, 0.2) is 0 Å². The molecule has 186 valence electrons. The zero-order valence-electron chi connectivity index (χ0n) is 20.7. The van der Waals surface area contributed by atoms with Gasteiger partial charge in [-0.2, -0.15) is 0 Å². The van der Waals surface area contributed by atoms with Crippen molar-refractivity contribution in [2.45, 2.75) is 32.2 Å². The number of ether oxygens (including phenoxy) is 2. The smallest absolute Gasteiger partial charge is 0.308 e. The molecule has 0 radical (unpaired) electrons. The maximum absolute atomic E-state index is 13.4. The molecule has 0 bridgehead atoms. The minimum atomic E-state index is -0.127. The number of carbonyl (C=O) groups is 2. The van der Waals surface area contributed by atoms with Crippen molar-refractivity contribution in [2.24, 2.45) is 11.8 Å². The number of benzene rings is 2. The van der Waals surface area contributed by atoms with E-state index in [-0.39, 0.29) is 17.8 Å². The Labute approximate surface area is 210 Å². The summed E-state index contributed by atoms with van der Waals surface area (Å²) in [5.41, 5.74) is 3.32. The van der Waals surface area contributed by atoms with Crippen LogP contribution < -0.4 is 10.1 Å². The van der Waals surface area contributed by atoms with Crippen molar-refractivity contribution in [2.75, 3.05) is 20.8 Å². The first-order valence-corrected chi connectivity index (χ1v) is 12.4. The summed E-state index contributed by atoms with van der Waals surface area (Å²) in [7, 11) is 3.05. The standard InChI is InChI=1S/C29H31N3O4/c1-35-24-15-22-13-14-32(18-23-12-11-20-5-3-4-6-26(20)31-23)27(22)25(16-24)28(33)30-17-19-7-9-21(10-8-19)29(34)36-2/h3-6,11-16,19,21H,7-10,17-18H2,1-2H3,(H,30,33)/t19-,21-. The number of carbonyl (C=O) groups excluding carboxylic acids is 2. The Morgan fingerprint density at radius 2 is 1.81 bits per heavy atom. The van der Waals surface area contributed by atoms with Gasteiger partial charge >= 0.3 is 5.97 Å². The lowest BCUT2D eigenvalue weighted by molar-refractivity contribution is -0.146. The van der Waals surface area contributed by atoms with Gasteiger partial charge in [-0.15, -0.1) is 0 Å². The van der Waals surface area contributed by atoms with Crippen LogP contribution in [0.2, 0.25) is 0 Å². The molecule has 0 unspecified atom stereocenters. The number of rotatable bonds is 7. The van der Waals surface area contributed by atoms with E-state index in [1.54, 1.807) is 13.2 Å². The third kappa shape index (κ3) is 4.91. The number of nitrogens with zero attached hydrogens (tertiary/aromatic N) is 2. The molecule has 2 heterocycles. The summed E-state index contributed by atoms with van der Waals surface area (Å²) in [5, 5.41) is 5.18. The van der Waals surface area contributed by atoms with Crippen molar-refractivity contribution in [3.05, 3.63) is 72.1 Å². The van der Waals surface area contributed by atoms with Gasteiger partial charge in [-0.25, -0.2) is 0 Å². The van der Waals surface area contributed by atoms with Crippen molar-refractivity contribution in [1.82, 2.24) is 14.9 Å². The molecule has 2 aromatic heterocycles. The summed E-state index contributed by atoms with van der Waals surface area (Å²) >= 11 is 0. The zero-order chi connectivity index (χ0) is 25.1. The van der Waals surface area contributed by atoms with E-state index in [1.807, 2.05) is 48.7 Å². The van der Waals surface area contributed by atoms with E-state index in [0.717, 1.165) is 53.2 Å². The van der Waals surface area contributed by atoms with Crippen molar-refractivity contribution < 1.29 is 19.1 Å². The molecule has 1 amide bonds. The van der Waals surface area contributed by atoms with Crippen LogP contribution in [0.15, 0.2) is 60.8 Å². The predicted molar refractivity (Wildman–Crippen MR) is 139 cm³/mol. The first-order valence-electron chi connectivity index (χ1n) is 12.4. The van der Waals surface area contributed by atoms with E-state index < -0.39 is 0 Å². The monoisotopic (exact) mass is 485 g/mol. The van der Waals surface area contributed by atoms with E-state index in [9.17, 15) is 9.59 Å². The summed E-state index contributed by atoms with van der Waals surface area (Å²) in [5.74, 6) is 0.725. The van der Waals surface area contributed by atoms with Crippen LogP contribution in [0, 0.1) is 11.8 Å². The minimum Gasteiger partial charge on any atom is -0.497 e. The number of aromatic nitrogens is 2. The number of hydrogen-bond donors (Lipinski definition) is 1. The Balaban J connectivity index is 1.35. The van der Waals surface area contributed by atoms with Crippen molar-refractivity contribution >= 4 is 33.7 Å². The summed E-state index contributed by atoms with van der Waals surface area (Å²) in [6.07, 6.45) is 5.40. The number of hydrogen-bond acceptors (Lipinski definition) is 5. The molecular formula is C29H31N3O4. The van der Waals surface area contributed by atoms with Gasteiger partial charge in [0.05, 0.1) is 49.0 Å². The van der Waals surface area contributed by atoms with E-state index in [4.69, 9.17) is 14.5 Å². The minimum absolute atomic E-state index is 0.0213. The van der Waals surface area contributed by atoms with Gasteiger partial charge in [-0.05, 0) is 61.9 Å². The largest absolute Gasteiger partial charge is 0.497 e. The highest BCUT2D eigenvalue weighted by Gasteiger charge is 2.27. The third-order valence-corrected chi connectivity index (χ3v) is 7.24. The van der Waals surface area contributed by atoms with Gasteiger partial charge in [0.1, 0.15) is 5.75 Å². The molecule has 36 heavy (non-hydrogen) atoms. The van der Waals surface area contributed by atoms with Gasteiger partial charge in [-0.1, -0.05) is 24.3 Å². The number of pyridine rings is 1. The Hall–Kier alpha value is -3.87. The quantitative estimate of drug-likeness (QED) is 0.374. The van der Waals surface area contributed by atoms with E-state index in [0.29, 0.717) is 30.3 Å². The second-order valence-electron chi connectivity index (χ2n) is 9.50. The predicted octanol–water partition coefficient (Wildman–Crippen LogP) is 4.96. The molecule has 0 atom stereocenters. The second-order valence-corrected chi connectivity index (χ2v) is 9.50. The molecule has 1 aliphatic carbocycles. The average Bonchev–Trinajstić information content (AvgIpc) is 3.33. The lowest BCUT2D eigenvalue weighted by Crippen LogP contribution is -2.33. The fourth-order valence-corrected chi connectivity index (χ4v) is 5.22. The first kappa shape index (κ1) is 23.9. The SMILES string of the molecule is COc1cc(C(=O)NC[C@H]2CC[C@H](C(=O)OC)CC2)c2c(ccn2Cc2ccc3ccccc3n2)c1. The molecule has 0 aliphatic heterocycles. The number of esters is 1. The van der Waals surface area contributed by atoms with E-state index in [2.05, 4.69) is 16.0 Å². The summed E-state index contributed by atoms with van der Waals surface area (Å²) < 4.78 is 12.4. The van der Waals surface area contributed by atoms with Gasteiger partial charge in [0.25, 0.3) is 5.91 Å². The Kier molecular flexibility index (Phi) is 6.89. The van der Waals surface area contributed by atoms with Gasteiger partial charge < -0.3 is 19.4 Å². The van der Waals surface area contributed by atoms with Crippen LogP contribution in [0.4, 0.5) is 0 Å². The number of amides is 1. The molecule has 1 N–H and O–H groups in total. The summed E-state index contributed by atoms with van der Waals surface area (Å²) in [6, 6.07) is 17.9. The Morgan fingerprint density at radius 3 is 2.58 bits per heavy atom. The van der Waals surface area contributed by atoms with Gasteiger partial charge in [0.2, 0.25) is 0 Å². The number of fused-ring (bicyclic) bond motifs is 2. The molecule has 7 nitrogen and oxygen atoms in total. The van der Waals surface area contributed by atoms with Crippen molar-refractivity contribution in [1.29, 1.82) is 0 Å². The first-order chi connectivity index (χ1) is 17.6. The second kappa shape index (κ2) is 10.4. The fourth-order valence-electron chi connectivity index (χ4n) is 5.22. The molecule has 2 aromatic carbocycles. The number of para-hydroxylation sites is 1. The molecule has 1 fully saturated rings. The van der Waals surface area contributed by atoms with E-state index >= 15 is 0 Å². The third-order valence-electron chi connectivity index (χ3n) is 7.24. The molecule has 1 aliphatic rings. The zero-order valence-corrected chi connectivity index (χ0v) is 20.7. The highest BCUT2D eigenvalue weighted by molar-refractivity contribution is 6.06. The van der Waals surface area contributed by atoms with E-state index in [1.165, 1.54) is 7.11 Å². The van der Waals surface area contributed by atoms with Crippen LogP contribution in [0.1, 0.15) is 41.7 Å². The van der Waals surface area contributed by atoms with Crippen LogP contribution in [-0.2, 0) is 16.1 Å². The van der Waals surface area contributed by atoms with Crippen LogP contribution >= 0.6 is 0 Å². The molecule has 1 saturated carbocycles. The molecule has 4 aromatic rings. The maximum Gasteiger partial charge on any atom is 0.308 e. The van der Waals surface area contributed by atoms with Crippen LogP contribution in [0.5, 0.6) is 5.75 Å². The van der Waals surface area contributed by atoms with Gasteiger partial charge in [-0.3, -0.25) is 14.6 Å². The van der Waals surface area contributed by atoms with Crippen LogP contribution in [0.3, 0.4) is 0 Å². The van der Waals surface area contributed by atoms with Crippen LogP contribution in [-0.4, -0.2) is 42.2 Å². The molecule has 0 saturated heterocycles. The lowest BCUT2D eigenvalue weighted by Gasteiger charge is -2.27. The highest BCUT2D eigenvalue weighted by Crippen LogP contribution is 2.30. The molecular weight excluding hydrogens is 454 g/mol. The summed E-state index contributed by atoms with van der Waals surface area (Å²) in [6.45, 7) is 1.14. The molecule has 5 rings (SSSR count). The topological polar surface area (TPSA) is 82.5 Å². The Bertz CT molecular complexity index is 1400. The molecule has 0 spiro atoms.